The molecule has 0 radical (unpaired) electrons. The molecule has 2 aromatic rings. The smallest absolute Gasteiger partial charge is 0.265 e. The van der Waals surface area contributed by atoms with Crippen molar-refractivity contribution in [1.29, 1.82) is 0 Å². The van der Waals surface area contributed by atoms with E-state index in [2.05, 4.69) is 4.98 Å². The minimum absolute atomic E-state index is 0.262. The first kappa shape index (κ1) is 11.6. The largest absolute Gasteiger partial charge is 0.416 e. The number of alkyl halides is 3. The predicted molar refractivity (Wildman–Crippen MR) is 58.5 cm³/mol. The lowest BCUT2D eigenvalue weighted by atomic mass is 10.0. The Kier molecular flexibility index (Phi) is 3.13. The molecule has 1 nitrogen and oxygen atoms in total. The number of aromatic nitrogens is 1. The van der Waals surface area contributed by atoms with Crippen molar-refractivity contribution < 1.29 is 13.2 Å². The molecule has 1 aromatic heterocycles. The monoisotopic (exact) mass is 237 g/mol. The van der Waals surface area contributed by atoms with Gasteiger partial charge in [-0.05, 0) is 35.7 Å². The molecule has 0 aliphatic carbocycles. The third kappa shape index (κ3) is 2.84. The van der Waals surface area contributed by atoms with Crippen molar-refractivity contribution in [1.82, 2.24) is 4.98 Å². The zero-order chi connectivity index (χ0) is 12.3. The van der Waals surface area contributed by atoms with Gasteiger partial charge < -0.3 is 0 Å². The number of rotatable bonds is 2. The van der Waals surface area contributed by atoms with Crippen LogP contribution in [0, 0.1) is 0 Å². The van der Waals surface area contributed by atoms with Gasteiger partial charge in [-0.2, -0.15) is 13.2 Å². The summed E-state index contributed by atoms with van der Waals surface area (Å²) in [5.41, 5.74) is 0.528. The fourth-order valence-corrected chi connectivity index (χ4v) is 1.67. The molecule has 0 spiro atoms. The molecule has 17 heavy (non-hydrogen) atoms. The molecule has 0 saturated heterocycles. The summed E-state index contributed by atoms with van der Waals surface area (Å²) in [4.78, 5) is 3.84. The molecule has 2 rings (SSSR count). The maximum Gasteiger partial charge on any atom is 0.416 e. The van der Waals surface area contributed by atoms with Gasteiger partial charge in [-0.3, -0.25) is 4.98 Å². The lowest BCUT2D eigenvalue weighted by Gasteiger charge is -2.12. The van der Waals surface area contributed by atoms with Gasteiger partial charge in [0.2, 0.25) is 0 Å². The highest BCUT2D eigenvalue weighted by atomic mass is 19.4. The van der Waals surface area contributed by atoms with Gasteiger partial charge in [0.15, 0.2) is 0 Å². The van der Waals surface area contributed by atoms with Crippen molar-refractivity contribution in [2.45, 2.75) is 12.6 Å². The molecule has 0 bridgehead atoms. The first-order valence-electron chi connectivity index (χ1n) is 5.11. The first-order valence-corrected chi connectivity index (χ1v) is 5.11. The number of hydrogen-bond donors (Lipinski definition) is 0. The zero-order valence-electron chi connectivity index (χ0n) is 8.91. The summed E-state index contributed by atoms with van der Waals surface area (Å²) in [5, 5.41) is 0. The van der Waals surface area contributed by atoms with Crippen LogP contribution in [-0.4, -0.2) is 4.98 Å². The van der Waals surface area contributed by atoms with E-state index in [4.69, 9.17) is 0 Å². The van der Waals surface area contributed by atoms with Gasteiger partial charge in [0.25, 0.3) is 0 Å². The van der Waals surface area contributed by atoms with Gasteiger partial charge in [-0.1, -0.05) is 18.2 Å². The van der Waals surface area contributed by atoms with Crippen molar-refractivity contribution in [3.63, 3.8) is 0 Å². The van der Waals surface area contributed by atoms with Crippen molar-refractivity contribution in [2.24, 2.45) is 0 Å². The summed E-state index contributed by atoms with van der Waals surface area (Å²) >= 11 is 0. The molecule has 0 aliphatic heterocycles. The second-order valence-corrected chi connectivity index (χ2v) is 3.69. The van der Waals surface area contributed by atoms with E-state index in [-0.39, 0.29) is 12.0 Å². The van der Waals surface area contributed by atoms with Gasteiger partial charge in [-0.25, -0.2) is 0 Å². The molecular weight excluding hydrogens is 227 g/mol. The summed E-state index contributed by atoms with van der Waals surface area (Å²) in [6.07, 6.45) is -0.890. The van der Waals surface area contributed by atoms with Crippen molar-refractivity contribution in [3.8, 4) is 0 Å². The van der Waals surface area contributed by atoms with E-state index < -0.39 is 11.7 Å². The fraction of sp³-hybridized carbons (Fsp3) is 0.154. The molecule has 0 N–H and O–H groups in total. The van der Waals surface area contributed by atoms with Gasteiger partial charge in [0.1, 0.15) is 0 Å². The van der Waals surface area contributed by atoms with E-state index in [1.165, 1.54) is 12.1 Å². The first-order chi connectivity index (χ1) is 8.07. The van der Waals surface area contributed by atoms with Crippen LogP contribution in [0.4, 0.5) is 13.2 Å². The standard InChI is InChI=1S/C13H10F3N/c14-13(15,16)12-4-2-1-3-11(12)9-10-5-7-17-8-6-10/h1-8H,9H2. The predicted octanol–water partition coefficient (Wildman–Crippen LogP) is 3.69. The average Bonchev–Trinajstić information content (AvgIpc) is 2.30. The molecule has 1 aromatic carbocycles. The Hall–Kier alpha value is -1.84. The van der Waals surface area contributed by atoms with Gasteiger partial charge in [0.05, 0.1) is 5.56 Å². The Morgan fingerprint density at radius 1 is 0.941 bits per heavy atom. The van der Waals surface area contributed by atoms with E-state index in [0.29, 0.717) is 0 Å². The quantitative estimate of drug-likeness (QED) is 0.776. The average molecular weight is 237 g/mol. The van der Waals surface area contributed by atoms with Crippen molar-refractivity contribution in [3.05, 3.63) is 65.5 Å². The van der Waals surface area contributed by atoms with Crippen molar-refractivity contribution >= 4 is 0 Å². The minimum atomic E-state index is -4.30. The molecule has 0 amide bonds. The van der Waals surface area contributed by atoms with E-state index in [9.17, 15) is 13.2 Å². The maximum atomic E-state index is 12.7. The lowest BCUT2D eigenvalue weighted by Crippen LogP contribution is -2.09. The molecule has 0 aliphatic rings. The highest BCUT2D eigenvalue weighted by molar-refractivity contribution is 5.33. The molecule has 0 fully saturated rings. The summed E-state index contributed by atoms with van der Waals surface area (Å²) in [5.74, 6) is 0. The third-order valence-electron chi connectivity index (χ3n) is 2.47. The molecule has 0 unspecified atom stereocenters. The highest BCUT2D eigenvalue weighted by Crippen LogP contribution is 2.32. The van der Waals surface area contributed by atoms with Gasteiger partial charge in [0, 0.05) is 12.4 Å². The van der Waals surface area contributed by atoms with Crippen LogP contribution in [0.3, 0.4) is 0 Å². The summed E-state index contributed by atoms with van der Waals surface area (Å²) in [6, 6.07) is 9.06. The molecule has 0 saturated carbocycles. The van der Waals surface area contributed by atoms with Gasteiger partial charge >= 0.3 is 6.18 Å². The molecule has 0 atom stereocenters. The minimum Gasteiger partial charge on any atom is -0.265 e. The highest BCUT2D eigenvalue weighted by Gasteiger charge is 2.32. The molecular formula is C13H10F3N. The lowest BCUT2D eigenvalue weighted by molar-refractivity contribution is -0.138. The molecule has 88 valence electrons. The van der Waals surface area contributed by atoms with Crippen LogP contribution >= 0.6 is 0 Å². The van der Waals surface area contributed by atoms with Crippen LogP contribution in [0.2, 0.25) is 0 Å². The van der Waals surface area contributed by atoms with E-state index in [0.717, 1.165) is 11.6 Å². The Morgan fingerprint density at radius 2 is 1.59 bits per heavy atom. The Morgan fingerprint density at radius 3 is 2.24 bits per heavy atom. The van der Waals surface area contributed by atoms with E-state index >= 15 is 0 Å². The normalized spacial score (nSPS) is 11.5. The Balaban J connectivity index is 2.34. The second kappa shape index (κ2) is 4.57. The van der Waals surface area contributed by atoms with Crippen LogP contribution in [0.1, 0.15) is 16.7 Å². The summed E-state index contributed by atoms with van der Waals surface area (Å²) < 4.78 is 38.2. The van der Waals surface area contributed by atoms with Crippen LogP contribution in [0.5, 0.6) is 0 Å². The molecule has 1 heterocycles. The van der Waals surface area contributed by atoms with Crippen LogP contribution in [0.15, 0.2) is 48.8 Å². The summed E-state index contributed by atoms with van der Waals surface area (Å²) in [7, 11) is 0. The van der Waals surface area contributed by atoms with Crippen LogP contribution < -0.4 is 0 Å². The summed E-state index contributed by atoms with van der Waals surface area (Å²) in [6.45, 7) is 0. The number of hydrogen-bond acceptors (Lipinski definition) is 1. The Bertz CT molecular complexity index is 492. The number of benzene rings is 1. The number of pyridine rings is 1. The Labute approximate surface area is 96.9 Å². The number of nitrogens with zero attached hydrogens (tertiary/aromatic N) is 1. The van der Waals surface area contributed by atoms with E-state index in [1.807, 2.05) is 0 Å². The van der Waals surface area contributed by atoms with Crippen molar-refractivity contribution in [2.75, 3.05) is 0 Å². The number of halogens is 3. The topological polar surface area (TPSA) is 12.9 Å². The van der Waals surface area contributed by atoms with E-state index in [1.54, 1.807) is 30.6 Å². The van der Waals surface area contributed by atoms with Crippen LogP contribution in [-0.2, 0) is 12.6 Å². The fourth-order valence-electron chi connectivity index (χ4n) is 1.67. The van der Waals surface area contributed by atoms with Gasteiger partial charge in [-0.15, -0.1) is 0 Å². The van der Waals surface area contributed by atoms with Crippen LogP contribution in [0.25, 0.3) is 0 Å². The molecule has 4 heteroatoms. The third-order valence-corrected chi connectivity index (χ3v) is 2.47. The zero-order valence-corrected chi connectivity index (χ0v) is 8.91. The SMILES string of the molecule is FC(F)(F)c1ccccc1Cc1ccncc1. The maximum absolute atomic E-state index is 12.7. The second-order valence-electron chi connectivity index (χ2n) is 3.69.